The van der Waals surface area contributed by atoms with Crippen LogP contribution in [0.15, 0.2) is 72.8 Å². The van der Waals surface area contributed by atoms with Crippen molar-refractivity contribution in [3.8, 4) is 11.5 Å². The maximum absolute atomic E-state index is 7.49. The third-order valence-electron chi connectivity index (χ3n) is 9.46. The van der Waals surface area contributed by atoms with Crippen molar-refractivity contribution >= 4 is 30.4 Å². The van der Waals surface area contributed by atoms with E-state index in [2.05, 4.69) is 215 Å². The topological polar surface area (TPSA) is 31.0 Å². The number of benzene rings is 3. The number of nitrogens with zero attached hydrogens (tertiary/aromatic N) is 4. The van der Waals surface area contributed by atoms with Crippen molar-refractivity contribution in [3.63, 3.8) is 0 Å². The van der Waals surface area contributed by atoms with Crippen LogP contribution in [0.2, 0.25) is 0 Å². The van der Waals surface area contributed by atoms with Crippen LogP contribution in [0.4, 0.5) is 0 Å². The molecule has 0 spiro atoms. The highest BCUT2D eigenvalue weighted by Gasteiger charge is 2.67. The van der Waals surface area contributed by atoms with E-state index in [1.54, 1.807) is 0 Å². The number of rotatable bonds is 6. The minimum absolute atomic E-state index is 0.144. The fraction of sp³-hybridized carbons (Fsp3) is 0.545. The summed E-state index contributed by atoms with van der Waals surface area (Å²) in [5.41, 5.74) is 3.97. The molecule has 5 rings (SSSR count). The standard InChI is InChI=1S/C44H66N4O2Si2/c1-39(2,3)33-29-34(40(4,5)6)36(50-52-47(43(13,14)15)38(48(52)44(16,17)18)32-27-23-20-24-28-32)30-35(33)49-51-45(41(7,8)9)37(46(51)42(10,11)12)31-25-21-19-22-26-31/h19-30H,1-18H3/q+2. The zero-order valence-electron chi connectivity index (χ0n) is 35.5. The lowest BCUT2D eigenvalue weighted by Gasteiger charge is -2.46. The predicted molar refractivity (Wildman–Crippen MR) is 221 cm³/mol. The van der Waals surface area contributed by atoms with E-state index in [-0.39, 0.29) is 33.0 Å². The molecule has 0 aliphatic carbocycles. The van der Waals surface area contributed by atoms with Gasteiger partial charge in [0, 0.05) is 6.07 Å². The lowest BCUT2D eigenvalue weighted by atomic mass is 9.80. The molecule has 8 heteroatoms. The van der Waals surface area contributed by atoms with Crippen molar-refractivity contribution in [1.29, 1.82) is 0 Å². The Bertz CT molecular complexity index is 1710. The summed E-state index contributed by atoms with van der Waals surface area (Å²) in [6.07, 6.45) is 0. The maximum Gasteiger partial charge on any atom is 0.830 e. The van der Waals surface area contributed by atoms with Gasteiger partial charge in [0.05, 0.1) is 33.3 Å². The highest BCUT2D eigenvalue weighted by atomic mass is 28.3. The van der Waals surface area contributed by atoms with E-state index in [1.807, 2.05) is 0 Å². The molecule has 3 aromatic carbocycles. The average Bonchev–Trinajstić information content (AvgIpc) is 2.93. The third-order valence-corrected chi connectivity index (χ3v) is 15.3. The minimum Gasteiger partial charge on any atom is -0.472 e. The molecule has 2 aliphatic rings. The Morgan fingerprint density at radius 1 is 0.442 bits per heavy atom. The molecule has 280 valence electrons. The Morgan fingerprint density at radius 2 is 0.750 bits per heavy atom. The molecule has 0 fully saturated rings. The van der Waals surface area contributed by atoms with Crippen molar-refractivity contribution in [1.82, 2.24) is 9.13 Å². The van der Waals surface area contributed by atoms with Crippen LogP contribution in [-0.2, 0) is 10.8 Å². The normalized spacial score (nSPS) is 17.0. The molecule has 0 saturated carbocycles. The summed E-state index contributed by atoms with van der Waals surface area (Å²) in [7, 11) is -3.41. The Kier molecular flexibility index (Phi) is 10.1. The van der Waals surface area contributed by atoms with Gasteiger partial charge in [-0.1, -0.05) is 77.9 Å². The summed E-state index contributed by atoms with van der Waals surface area (Å²) in [4.78, 5) is 0. The first-order chi connectivity index (χ1) is 23.6. The molecule has 0 amide bonds. The fourth-order valence-corrected chi connectivity index (χ4v) is 12.2. The predicted octanol–water partition coefficient (Wildman–Crippen LogP) is 9.75. The van der Waals surface area contributed by atoms with Crippen LogP contribution in [0, 0.1) is 0 Å². The van der Waals surface area contributed by atoms with Gasteiger partial charge >= 0.3 is 18.7 Å². The molecule has 0 bridgehead atoms. The second kappa shape index (κ2) is 13.2. The highest BCUT2D eigenvalue weighted by molar-refractivity contribution is 6.52. The van der Waals surface area contributed by atoms with Gasteiger partial charge in [0.2, 0.25) is 0 Å². The number of hydrogen-bond acceptors (Lipinski definition) is 4. The summed E-state index contributed by atoms with van der Waals surface area (Å²) in [6, 6.07) is 26.2. The highest BCUT2D eigenvalue weighted by Crippen LogP contribution is 2.44. The van der Waals surface area contributed by atoms with E-state index < -0.39 is 18.7 Å². The molecule has 0 atom stereocenters. The second-order valence-corrected chi connectivity index (χ2v) is 23.8. The summed E-state index contributed by atoms with van der Waals surface area (Å²) >= 11 is 0. The Morgan fingerprint density at radius 3 is 1.00 bits per heavy atom. The quantitative estimate of drug-likeness (QED) is 0.236. The SMILES string of the molecule is CC(C)(C)c1cc(C(C)(C)C)c(O[Si]2N(C(C)(C)C)C(c3ccccc3)=[N+]2C(C)(C)C)cc1O[Si]1N(C(C)(C)C)C(c2ccccc2)=[N+]1C(C)(C)C. The lowest BCUT2D eigenvalue weighted by Crippen LogP contribution is -2.76. The van der Waals surface area contributed by atoms with Gasteiger partial charge in [-0.3, -0.25) is 0 Å². The van der Waals surface area contributed by atoms with E-state index in [9.17, 15) is 0 Å². The van der Waals surface area contributed by atoms with Crippen LogP contribution < -0.4 is 8.85 Å². The molecule has 6 nitrogen and oxygen atoms in total. The Labute approximate surface area is 320 Å². The van der Waals surface area contributed by atoms with Gasteiger partial charge in [-0.2, -0.15) is 0 Å². The average molecular weight is 739 g/mol. The van der Waals surface area contributed by atoms with Crippen molar-refractivity contribution in [2.45, 2.75) is 158 Å². The third kappa shape index (κ3) is 7.65. The molecule has 0 saturated heterocycles. The zero-order valence-corrected chi connectivity index (χ0v) is 37.5. The molecule has 2 aliphatic heterocycles. The van der Waals surface area contributed by atoms with Crippen molar-refractivity contribution < 1.29 is 17.3 Å². The van der Waals surface area contributed by atoms with Crippen molar-refractivity contribution in [2.24, 2.45) is 0 Å². The fourth-order valence-electron chi connectivity index (χ4n) is 7.06. The largest absolute Gasteiger partial charge is 0.830 e. The van der Waals surface area contributed by atoms with Crippen molar-refractivity contribution in [3.05, 3.63) is 95.1 Å². The van der Waals surface area contributed by atoms with E-state index in [1.165, 1.54) is 33.9 Å². The monoisotopic (exact) mass is 738 g/mol. The van der Waals surface area contributed by atoms with E-state index in [0.717, 1.165) is 11.5 Å². The molecular weight excluding hydrogens is 673 g/mol. The molecule has 52 heavy (non-hydrogen) atoms. The molecule has 2 radical (unpaired) electrons. The van der Waals surface area contributed by atoms with Gasteiger partial charge in [0.25, 0.3) is 11.7 Å². The van der Waals surface area contributed by atoms with E-state index in [0.29, 0.717) is 0 Å². The van der Waals surface area contributed by atoms with Crippen molar-refractivity contribution in [2.75, 3.05) is 0 Å². The molecule has 3 aromatic rings. The molecular formula is C44H66N4O2Si2+2. The number of amidine groups is 2. The van der Waals surface area contributed by atoms with Crippen LogP contribution in [0.25, 0.3) is 0 Å². The first-order valence-electron chi connectivity index (χ1n) is 19.0. The molecule has 0 unspecified atom stereocenters. The van der Waals surface area contributed by atoms with Crippen LogP contribution in [-0.4, -0.2) is 70.2 Å². The van der Waals surface area contributed by atoms with Gasteiger partial charge in [-0.25, -0.2) is 17.6 Å². The zero-order chi connectivity index (χ0) is 39.0. The van der Waals surface area contributed by atoms with Gasteiger partial charge in [0.1, 0.15) is 11.5 Å². The first kappa shape index (κ1) is 39.8. The van der Waals surface area contributed by atoms with Crippen LogP contribution in [0.1, 0.15) is 147 Å². The summed E-state index contributed by atoms with van der Waals surface area (Å²) in [6.45, 7) is 41.4. The van der Waals surface area contributed by atoms with Gasteiger partial charge in [0.15, 0.2) is 0 Å². The van der Waals surface area contributed by atoms with Gasteiger partial charge < -0.3 is 8.85 Å². The Balaban J connectivity index is 1.72. The Hall–Kier alpha value is -3.37. The van der Waals surface area contributed by atoms with Gasteiger partial charge in [-0.05, 0) is 135 Å². The maximum atomic E-state index is 7.49. The van der Waals surface area contributed by atoms with Crippen LogP contribution in [0.3, 0.4) is 0 Å². The van der Waals surface area contributed by atoms with Gasteiger partial charge in [-0.15, -0.1) is 0 Å². The van der Waals surface area contributed by atoms with Crippen LogP contribution in [0.5, 0.6) is 11.5 Å². The summed E-state index contributed by atoms with van der Waals surface area (Å²) < 4.78 is 25.2. The summed E-state index contributed by atoms with van der Waals surface area (Å²) in [5, 5.41) is 0. The number of hydrogen-bond donors (Lipinski definition) is 0. The smallest absolute Gasteiger partial charge is 0.472 e. The molecule has 2 heterocycles. The summed E-state index contributed by atoms with van der Waals surface area (Å²) in [5.74, 6) is 4.30. The van der Waals surface area contributed by atoms with E-state index in [4.69, 9.17) is 8.85 Å². The molecule has 0 aromatic heterocycles. The minimum atomic E-state index is -1.71. The van der Waals surface area contributed by atoms with E-state index >= 15 is 0 Å². The first-order valence-corrected chi connectivity index (χ1v) is 21.6. The van der Waals surface area contributed by atoms with Crippen LogP contribution >= 0.6 is 0 Å². The lowest BCUT2D eigenvalue weighted by molar-refractivity contribution is -0.519. The second-order valence-electron chi connectivity index (χ2n) is 20.5. The molecule has 0 N–H and O–H groups in total.